The smallest absolute Gasteiger partial charge is 0.243 e. The molecule has 0 radical (unpaired) electrons. The molecule has 0 aliphatic rings. The second kappa shape index (κ2) is 8.50. The van der Waals surface area contributed by atoms with Crippen LogP contribution in [0.4, 0.5) is 5.69 Å². The number of pyridine rings is 1. The highest BCUT2D eigenvalue weighted by molar-refractivity contribution is 7.98. The highest BCUT2D eigenvalue weighted by Gasteiger charge is 2.14. The van der Waals surface area contributed by atoms with Crippen LogP contribution in [0.1, 0.15) is 6.42 Å². The van der Waals surface area contributed by atoms with Crippen molar-refractivity contribution >= 4 is 40.2 Å². The van der Waals surface area contributed by atoms with Gasteiger partial charge in [0.25, 0.3) is 0 Å². The van der Waals surface area contributed by atoms with Crippen molar-refractivity contribution in [1.29, 1.82) is 0 Å². The summed E-state index contributed by atoms with van der Waals surface area (Å²) in [4.78, 5) is 28.0. The minimum absolute atomic E-state index is 0.116. The zero-order chi connectivity index (χ0) is 16.7. The molecule has 0 saturated carbocycles. The van der Waals surface area contributed by atoms with Gasteiger partial charge in [0.15, 0.2) is 0 Å². The van der Waals surface area contributed by atoms with Gasteiger partial charge < -0.3 is 16.4 Å². The van der Waals surface area contributed by atoms with Gasteiger partial charge in [0, 0.05) is 11.6 Å². The minimum atomic E-state index is -0.588. The summed E-state index contributed by atoms with van der Waals surface area (Å²) in [6.07, 6.45) is 4.21. The van der Waals surface area contributed by atoms with E-state index in [1.54, 1.807) is 24.0 Å². The maximum absolute atomic E-state index is 12.0. The lowest BCUT2D eigenvalue weighted by Crippen LogP contribution is -2.43. The Hall–Kier alpha value is -2.12. The molecular formula is C16H20N4O2S. The van der Waals surface area contributed by atoms with Crippen LogP contribution in [0.2, 0.25) is 0 Å². The van der Waals surface area contributed by atoms with Crippen molar-refractivity contribution in [2.45, 2.75) is 12.5 Å². The SMILES string of the molecule is CSCC[C@H](N)C(=O)NCC(=O)Nc1cccc2cccnc12. The summed E-state index contributed by atoms with van der Waals surface area (Å²) in [6.45, 7) is -0.116. The molecule has 0 unspecified atom stereocenters. The second-order valence-electron chi connectivity index (χ2n) is 5.03. The molecule has 0 aliphatic carbocycles. The Morgan fingerprint density at radius 3 is 2.87 bits per heavy atom. The van der Waals surface area contributed by atoms with E-state index < -0.39 is 6.04 Å². The molecule has 2 rings (SSSR count). The van der Waals surface area contributed by atoms with Crippen molar-refractivity contribution in [3.63, 3.8) is 0 Å². The molecule has 1 aromatic heterocycles. The average Bonchev–Trinajstić information content (AvgIpc) is 2.57. The van der Waals surface area contributed by atoms with Gasteiger partial charge in [-0.05, 0) is 30.6 Å². The van der Waals surface area contributed by atoms with E-state index in [-0.39, 0.29) is 18.4 Å². The molecule has 122 valence electrons. The summed E-state index contributed by atoms with van der Waals surface area (Å²) in [6, 6.07) is 8.71. The van der Waals surface area contributed by atoms with Gasteiger partial charge in [-0.3, -0.25) is 14.6 Å². The Balaban J connectivity index is 1.90. The normalized spacial score (nSPS) is 11.9. The Labute approximate surface area is 139 Å². The van der Waals surface area contributed by atoms with Crippen molar-refractivity contribution in [2.24, 2.45) is 5.73 Å². The monoisotopic (exact) mass is 332 g/mol. The summed E-state index contributed by atoms with van der Waals surface area (Å²) in [5, 5.41) is 6.25. The average molecular weight is 332 g/mol. The fraction of sp³-hybridized carbons (Fsp3) is 0.312. The van der Waals surface area contributed by atoms with Gasteiger partial charge in [0.1, 0.15) is 0 Å². The van der Waals surface area contributed by atoms with Gasteiger partial charge in [0.05, 0.1) is 23.8 Å². The van der Waals surface area contributed by atoms with Crippen LogP contribution in [0.15, 0.2) is 36.5 Å². The first-order valence-corrected chi connectivity index (χ1v) is 8.67. The predicted molar refractivity (Wildman–Crippen MR) is 94.4 cm³/mol. The van der Waals surface area contributed by atoms with Crippen molar-refractivity contribution < 1.29 is 9.59 Å². The number of benzene rings is 1. The molecule has 0 spiro atoms. The molecule has 7 heteroatoms. The Bertz CT molecular complexity index is 687. The summed E-state index contributed by atoms with van der Waals surface area (Å²) in [5.41, 5.74) is 7.08. The zero-order valence-corrected chi connectivity index (χ0v) is 13.7. The third kappa shape index (κ3) is 4.94. The van der Waals surface area contributed by atoms with Gasteiger partial charge in [-0.15, -0.1) is 0 Å². The van der Waals surface area contributed by atoms with Crippen LogP contribution < -0.4 is 16.4 Å². The molecular weight excluding hydrogens is 312 g/mol. The number of aromatic nitrogens is 1. The second-order valence-corrected chi connectivity index (χ2v) is 6.02. The van der Waals surface area contributed by atoms with E-state index in [9.17, 15) is 9.59 Å². The number of fused-ring (bicyclic) bond motifs is 1. The van der Waals surface area contributed by atoms with E-state index >= 15 is 0 Å². The van der Waals surface area contributed by atoms with Crippen LogP contribution >= 0.6 is 11.8 Å². The molecule has 0 bridgehead atoms. The van der Waals surface area contributed by atoms with Crippen molar-refractivity contribution in [3.8, 4) is 0 Å². The molecule has 6 nitrogen and oxygen atoms in total. The van der Waals surface area contributed by atoms with E-state index in [4.69, 9.17) is 5.73 Å². The van der Waals surface area contributed by atoms with Crippen LogP contribution in [0, 0.1) is 0 Å². The van der Waals surface area contributed by atoms with E-state index in [0.717, 1.165) is 11.1 Å². The molecule has 2 aromatic rings. The molecule has 0 aliphatic heterocycles. The number of amides is 2. The fourth-order valence-corrected chi connectivity index (χ4v) is 2.56. The fourth-order valence-electron chi connectivity index (χ4n) is 2.07. The lowest BCUT2D eigenvalue weighted by molar-refractivity contribution is -0.125. The number of para-hydroxylation sites is 1. The summed E-state index contributed by atoms with van der Waals surface area (Å²) < 4.78 is 0. The molecule has 4 N–H and O–H groups in total. The Morgan fingerprint density at radius 2 is 2.09 bits per heavy atom. The molecule has 0 saturated heterocycles. The standard InChI is InChI=1S/C16H20N4O2S/c1-23-9-7-12(17)16(22)19-10-14(21)20-13-6-2-4-11-5-3-8-18-15(11)13/h2-6,8,12H,7,9-10,17H2,1H3,(H,19,22)(H,20,21)/t12-/m0/s1. The number of nitrogens with one attached hydrogen (secondary N) is 2. The number of nitrogens with zero attached hydrogens (tertiary/aromatic N) is 1. The topological polar surface area (TPSA) is 97.1 Å². The molecule has 1 atom stereocenters. The largest absolute Gasteiger partial charge is 0.346 e. The van der Waals surface area contributed by atoms with Gasteiger partial charge in [0.2, 0.25) is 11.8 Å². The Morgan fingerprint density at radius 1 is 1.30 bits per heavy atom. The lowest BCUT2D eigenvalue weighted by atomic mass is 10.2. The van der Waals surface area contributed by atoms with Crippen LogP contribution in [0.25, 0.3) is 10.9 Å². The van der Waals surface area contributed by atoms with E-state index in [2.05, 4.69) is 15.6 Å². The van der Waals surface area contributed by atoms with Gasteiger partial charge in [-0.25, -0.2) is 0 Å². The van der Waals surface area contributed by atoms with Crippen molar-refractivity contribution in [2.75, 3.05) is 23.9 Å². The number of hydrogen-bond donors (Lipinski definition) is 3. The first-order chi connectivity index (χ1) is 11.1. The minimum Gasteiger partial charge on any atom is -0.346 e. The van der Waals surface area contributed by atoms with Gasteiger partial charge in [-0.2, -0.15) is 11.8 Å². The van der Waals surface area contributed by atoms with Crippen molar-refractivity contribution in [1.82, 2.24) is 10.3 Å². The number of rotatable bonds is 7. The highest BCUT2D eigenvalue weighted by Crippen LogP contribution is 2.20. The van der Waals surface area contributed by atoms with E-state index in [0.29, 0.717) is 17.6 Å². The summed E-state index contributed by atoms with van der Waals surface area (Å²) in [5.74, 6) is 0.182. The van der Waals surface area contributed by atoms with Gasteiger partial charge in [-0.1, -0.05) is 18.2 Å². The number of anilines is 1. The summed E-state index contributed by atoms with van der Waals surface area (Å²) >= 11 is 1.63. The van der Waals surface area contributed by atoms with Crippen LogP contribution in [0.3, 0.4) is 0 Å². The first-order valence-electron chi connectivity index (χ1n) is 7.27. The van der Waals surface area contributed by atoms with E-state index in [1.165, 1.54) is 0 Å². The highest BCUT2D eigenvalue weighted by atomic mass is 32.2. The quantitative estimate of drug-likeness (QED) is 0.711. The number of carbonyl (C=O) groups excluding carboxylic acids is 2. The van der Waals surface area contributed by atoms with E-state index in [1.807, 2.05) is 30.5 Å². The number of thioether (sulfide) groups is 1. The van der Waals surface area contributed by atoms with Gasteiger partial charge >= 0.3 is 0 Å². The molecule has 2 amide bonds. The molecule has 0 fully saturated rings. The maximum Gasteiger partial charge on any atom is 0.243 e. The molecule has 1 heterocycles. The molecule has 1 aromatic carbocycles. The van der Waals surface area contributed by atoms with Crippen molar-refractivity contribution in [3.05, 3.63) is 36.5 Å². The third-order valence-electron chi connectivity index (χ3n) is 3.30. The Kier molecular flexibility index (Phi) is 6.37. The third-order valence-corrected chi connectivity index (χ3v) is 3.94. The summed E-state index contributed by atoms with van der Waals surface area (Å²) in [7, 11) is 0. The first kappa shape index (κ1) is 17.2. The van der Waals surface area contributed by atoms with Crippen LogP contribution in [0.5, 0.6) is 0 Å². The number of carbonyl (C=O) groups is 2. The zero-order valence-electron chi connectivity index (χ0n) is 12.9. The predicted octanol–water partition coefficient (Wildman–Crippen LogP) is 1.37. The number of nitrogens with two attached hydrogens (primary N) is 1. The lowest BCUT2D eigenvalue weighted by Gasteiger charge is -2.12. The van der Waals surface area contributed by atoms with Crippen LogP contribution in [-0.2, 0) is 9.59 Å². The maximum atomic E-state index is 12.0. The molecule has 23 heavy (non-hydrogen) atoms. The number of hydrogen-bond acceptors (Lipinski definition) is 5. The van der Waals surface area contributed by atoms with Crippen LogP contribution in [-0.4, -0.2) is 41.4 Å².